The fraction of sp³-hybridized carbons (Fsp3) is 0.357. The van der Waals surface area contributed by atoms with Gasteiger partial charge in [0.25, 0.3) is 0 Å². The Bertz CT molecular complexity index is 673. The molecule has 1 aliphatic rings. The molecular formula is C14H14N4S3. The van der Waals surface area contributed by atoms with E-state index in [1.807, 2.05) is 18.4 Å². The van der Waals surface area contributed by atoms with Crippen LogP contribution in [0, 0.1) is 11.3 Å². The minimum atomic E-state index is 0.677. The molecule has 0 spiro atoms. The molecule has 0 aliphatic heterocycles. The summed E-state index contributed by atoms with van der Waals surface area (Å²) >= 11 is 4.65. The minimum absolute atomic E-state index is 0.677. The Morgan fingerprint density at radius 3 is 2.86 bits per heavy atom. The molecule has 1 aliphatic carbocycles. The second kappa shape index (κ2) is 6.79. The van der Waals surface area contributed by atoms with Gasteiger partial charge in [-0.3, -0.25) is 0 Å². The predicted octanol–water partition coefficient (Wildman–Crippen LogP) is 3.53. The zero-order chi connectivity index (χ0) is 14.7. The van der Waals surface area contributed by atoms with Crippen molar-refractivity contribution in [2.45, 2.75) is 39.0 Å². The first-order chi connectivity index (χ1) is 10.3. The van der Waals surface area contributed by atoms with Crippen LogP contribution in [0.3, 0.4) is 0 Å². The molecule has 0 atom stereocenters. The highest BCUT2D eigenvalue weighted by molar-refractivity contribution is 8.03. The Balaban J connectivity index is 1.73. The SMILES string of the molecule is CSc1nnc(Sc2ccc(CNC3CC3)cc2C#N)s1. The normalized spacial score (nSPS) is 14.1. The van der Waals surface area contributed by atoms with Crippen molar-refractivity contribution in [2.24, 2.45) is 0 Å². The van der Waals surface area contributed by atoms with Crippen molar-refractivity contribution in [1.82, 2.24) is 15.5 Å². The number of nitrogens with zero attached hydrogens (tertiary/aromatic N) is 3. The largest absolute Gasteiger partial charge is 0.310 e. The lowest BCUT2D eigenvalue weighted by Crippen LogP contribution is -2.15. The summed E-state index contributed by atoms with van der Waals surface area (Å²) in [6.07, 6.45) is 4.53. The quantitative estimate of drug-likeness (QED) is 0.815. The lowest BCUT2D eigenvalue weighted by atomic mass is 10.1. The van der Waals surface area contributed by atoms with Crippen molar-refractivity contribution in [1.29, 1.82) is 5.26 Å². The third kappa shape index (κ3) is 3.98. The summed E-state index contributed by atoms with van der Waals surface area (Å²) < 4.78 is 1.82. The predicted molar refractivity (Wildman–Crippen MR) is 86.8 cm³/mol. The molecule has 0 unspecified atom stereocenters. The van der Waals surface area contributed by atoms with Crippen LogP contribution in [0.15, 0.2) is 31.8 Å². The van der Waals surface area contributed by atoms with E-state index >= 15 is 0 Å². The molecule has 0 saturated heterocycles. The average Bonchev–Trinajstić information content (AvgIpc) is 3.24. The highest BCUT2D eigenvalue weighted by Gasteiger charge is 2.20. The van der Waals surface area contributed by atoms with Crippen molar-refractivity contribution in [3.8, 4) is 6.07 Å². The smallest absolute Gasteiger partial charge is 0.179 e. The first-order valence-electron chi connectivity index (χ1n) is 6.60. The maximum Gasteiger partial charge on any atom is 0.179 e. The van der Waals surface area contributed by atoms with Gasteiger partial charge in [0.15, 0.2) is 8.68 Å². The van der Waals surface area contributed by atoms with E-state index in [0.717, 1.165) is 25.7 Å². The molecule has 1 fully saturated rings. The second-order valence-electron chi connectivity index (χ2n) is 4.74. The number of hydrogen-bond acceptors (Lipinski definition) is 7. The fourth-order valence-electron chi connectivity index (χ4n) is 1.83. The van der Waals surface area contributed by atoms with Gasteiger partial charge in [-0.15, -0.1) is 10.2 Å². The number of nitrogens with one attached hydrogen (secondary N) is 1. The van der Waals surface area contributed by atoms with Gasteiger partial charge < -0.3 is 5.32 Å². The summed E-state index contributed by atoms with van der Waals surface area (Å²) in [5.41, 5.74) is 1.86. The first kappa shape index (κ1) is 14.9. The van der Waals surface area contributed by atoms with Gasteiger partial charge in [-0.1, -0.05) is 40.9 Å². The van der Waals surface area contributed by atoms with E-state index in [1.165, 1.54) is 24.6 Å². The molecule has 108 valence electrons. The topological polar surface area (TPSA) is 61.6 Å². The van der Waals surface area contributed by atoms with Crippen LogP contribution in [0.1, 0.15) is 24.0 Å². The third-order valence-electron chi connectivity index (χ3n) is 3.10. The van der Waals surface area contributed by atoms with Gasteiger partial charge in [-0.05, 0) is 36.8 Å². The fourth-order valence-corrected chi connectivity index (χ4v) is 4.28. The Morgan fingerprint density at radius 1 is 1.38 bits per heavy atom. The van der Waals surface area contributed by atoms with Gasteiger partial charge in [-0.25, -0.2) is 0 Å². The lowest BCUT2D eigenvalue weighted by molar-refractivity contribution is 0.687. The van der Waals surface area contributed by atoms with E-state index in [4.69, 9.17) is 0 Å². The third-order valence-corrected chi connectivity index (χ3v) is 6.12. The molecule has 0 radical (unpaired) electrons. The number of rotatable bonds is 6. The average molecular weight is 334 g/mol. The van der Waals surface area contributed by atoms with Gasteiger partial charge in [0.05, 0.1) is 5.56 Å². The lowest BCUT2D eigenvalue weighted by Gasteiger charge is -2.06. The summed E-state index contributed by atoms with van der Waals surface area (Å²) in [6.45, 7) is 0.833. The van der Waals surface area contributed by atoms with E-state index in [0.29, 0.717) is 11.6 Å². The van der Waals surface area contributed by atoms with Crippen molar-refractivity contribution in [2.75, 3.05) is 6.26 Å². The van der Waals surface area contributed by atoms with Gasteiger partial charge in [-0.2, -0.15) is 5.26 Å². The molecule has 2 aromatic rings. The van der Waals surface area contributed by atoms with Crippen LogP contribution in [0.5, 0.6) is 0 Å². The van der Waals surface area contributed by atoms with Crippen LogP contribution < -0.4 is 5.32 Å². The highest BCUT2D eigenvalue weighted by atomic mass is 32.2. The van der Waals surface area contributed by atoms with Crippen LogP contribution in [0.4, 0.5) is 0 Å². The molecule has 1 saturated carbocycles. The van der Waals surface area contributed by atoms with Gasteiger partial charge in [0, 0.05) is 17.5 Å². The number of thioether (sulfide) groups is 1. The Morgan fingerprint density at radius 2 is 2.19 bits per heavy atom. The zero-order valence-electron chi connectivity index (χ0n) is 11.5. The molecule has 0 bridgehead atoms. The summed E-state index contributed by atoms with van der Waals surface area (Å²) in [5, 5.41) is 21.0. The highest BCUT2D eigenvalue weighted by Crippen LogP contribution is 2.34. The van der Waals surface area contributed by atoms with Crippen LogP contribution in [0.25, 0.3) is 0 Å². The number of aromatic nitrogens is 2. The number of nitriles is 1. The summed E-state index contributed by atoms with van der Waals surface area (Å²) in [6, 6.07) is 9.01. The van der Waals surface area contributed by atoms with Crippen LogP contribution in [-0.4, -0.2) is 22.5 Å². The maximum atomic E-state index is 9.34. The van der Waals surface area contributed by atoms with E-state index in [2.05, 4.69) is 27.6 Å². The second-order valence-corrected chi connectivity index (χ2v) is 8.06. The van der Waals surface area contributed by atoms with Crippen molar-refractivity contribution in [3.63, 3.8) is 0 Å². The zero-order valence-corrected chi connectivity index (χ0v) is 13.9. The number of benzene rings is 1. The monoisotopic (exact) mass is 334 g/mol. The molecule has 3 rings (SSSR count). The van der Waals surface area contributed by atoms with Crippen LogP contribution >= 0.6 is 34.9 Å². The first-order valence-corrected chi connectivity index (χ1v) is 9.46. The van der Waals surface area contributed by atoms with Crippen LogP contribution in [0.2, 0.25) is 0 Å². The molecule has 1 aromatic carbocycles. The molecule has 1 N–H and O–H groups in total. The Labute approximate surface area is 136 Å². The standard InChI is InChI=1S/C14H14N4S3/c1-19-13-17-18-14(21-13)20-12-5-2-9(6-10(12)7-15)8-16-11-3-4-11/h2,5-6,11,16H,3-4,8H2,1H3. The van der Waals surface area contributed by atoms with E-state index < -0.39 is 0 Å². The van der Waals surface area contributed by atoms with Crippen LogP contribution in [-0.2, 0) is 6.54 Å². The van der Waals surface area contributed by atoms with Gasteiger partial charge in [0.2, 0.25) is 0 Å². The van der Waals surface area contributed by atoms with Gasteiger partial charge in [0.1, 0.15) is 6.07 Å². The van der Waals surface area contributed by atoms with Crippen molar-refractivity contribution < 1.29 is 0 Å². The van der Waals surface area contributed by atoms with Gasteiger partial charge >= 0.3 is 0 Å². The van der Waals surface area contributed by atoms with Crippen molar-refractivity contribution in [3.05, 3.63) is 29.3 Å². The Hall–Kier alpha value is -1.07. The molecule has 7 heteroatoms. The Kier molecular flexibility index (Phi) is 4.80. The summed E-state index contributed by atoms with van der Waals surface area (Å²) in [4.78, 5) is 0.941. The molecule has 1 heterocycles. The maximum absolute atomic E-state index is 9.34. The summed E-state index contributed by atoms with van der Waals surface area (Å²) in [7, 11) is 0. The molecule has 0 amide bonds. The molecule has 1 aromatic heterocycles. The van der Waals surface area contributed by atoms with Crippen molar-refractivity contribution >= 4 is 34.9 Å². The van der Waals surface area contributed by atoms with E-state index in [1.54, 1.807) is 23.1 Å². The minimum Gasteiger partial charge on any atom is -0.310 e. The summed E-state index contributed by atoms with van der Waals surface area (Å²) in [5.74, 6) is 0. The van der Waals surface area contributed by atoms with E-state index in [9.17, 15) is 5.26 Å². The number of hydrogen-bond donors (Lipinski definition) is 1. The van der Waals surface area contributed by atoms with E-state index in [-0.39, 0.29) is 0 Å². The molecular weight excluding hydrogens is 320 g/mol. The molecule has 4 nitrogen and oxygen atoms in total. The molecule has 21 heavy (non-hydrogen) atoms.